The number of aliphatic hydroxyl groups is 1. The molecule has 4 heteroatoms. The van der Waals surface area contributed by atoms with E-state index in [9.17, 15) is 5.11 Å². The predicted molar refractivity (Wildman–Crippen MR) is 74.7 cm³/mol. The lowest BCUT2D eigenvalue weighted by atomic mass is 10.3. The lowest BCUT2D eigenvalue weighted by Crippen LogP contribution is -2.35. The van der Waals surface area contributed by atoms with Gasteiger partial charge in [0.1, 0.15) is 18.1 Å². The highest BCUT2D eigenvalue weighted by Crippen LogP contribution is 2.10. The zero-order valence-corrected chi connectivity index (χ0v) is 11.8. The summed E-state index contributed by atoms with van der Waals surface area (Å²) in [5, 5.41) is 9.89. The predicted octanol–water partition coefficient (Wildman–Crippen LogP) is 1.81. The number of furan rings is 1. The van der Waals surface area contributed by atoms with Crippen molar-refractivity contribution in [3.8, 4) is 12.3 Å². The van der Waals surface area contributed by atoms with Crippen molar-refractivity contribution in [2.45, 2.75) is 32.9 Å². The largest absolute Gasteiger partial charge is 0.465 e. The molecule has 1 unspecified atom stereocenters. The molecule has 0 fully saturated rings. The summed E-state index contributed by atoms with van der Waals surface area (Å²) in [7, 11) is 0. The van der Waals surface area contributed by atoms with Crippen molar-refractivity contribution in [2.24, 2.45) is 0 Å². The number of rotatable bonds is 9. The van der Waals surface area contributed by atoms with Crippen LogP contribution in [0, 0.1) is 19.3 Å². The molecule has 0 bridgehead atoms. The highest BCUT2D eigenvalue weighted by molar-refractivity contribution is 5.05. The third-order valence-corrected chi connectivity index (χ3v) is 2.68. The Morgan fingerprint density at radius 1 is 1.53 bits per heavy atom. The summed E-state index contributed by atoms with van der Waals surface area (Å²) in [5.74, 6) is 4.21. The van der Waals surface area contributed by atoms with Crippen molar-refractivity contribution in [3.63, 3.8) is 0 Å². The van der Waals surface area contributed by atoms with E-state index in [0.29, 0.717) is 13.1 Å². The SMILES string of the molecule is C#CCOCC(O)CN(CCC)Cc1ccc(C)o1. The van der Waals surface area contributed by atoms with Crippen molar-refractivity contribution in [2.75, 3.05) is 26.3 Å². The number of terminal acetylenes is 1. The van der Waals surface area contributed by atoms with Gasteiger partial charge < -0.3 is 14.3 Å². The third kappa shape index (κ3) is 6.44. The molecular formula is C15H23NO3. The summed E-state index contributed by atoms with van der Waals surface area (Å²) < 4.78 is 10.7. The van der Waals surface area contributed by atoms with E-state index in [-0.39, 0.29) is 13.2 Å². The van der Waals surface area contributed by atoms with Crippen LogP contribution in [0.3, 0.4) is 0 Å². The summed E-state index contributed by atoms with van der Waals surface area (Å²) in [6.07, 6.45) is 5.58. The lowest BCUT2D eigenvalue weighted by Gasteiger charge is -2.23. The van der Waals surface area contributed by atoms with E-state index >= 15 is 0 Å². The van der Waals surface area contributed by atoms with E-state index in [1.165, 1.54) is 0 Å². The average Bonchev–Trinajstić information content (AvgIpc) is 2.75. The normalized spacial score (nSPS) is 12.6. The van der Waals surface area contributed by atoms with Crippen molar-refractivity contribution in [1.82, 2.24) is 4.90 Å². The van der Waals surface area contributed by atoms with Crippen LogP contribution in [-0.4, -0.2) is 42.4 Å². The molecule has 1 rings (SSSR count). The first kappa shape index (κ1) is 15.8. The van der Waals surface area contributed by atoms with Crippen molar-refractivity contribution in [1.29, 1.82) is 0 Å². The second-order valence-electron chi connectivity index (χ2n) is 4.62. The highest BCUT2D eigenvalue weighted by atomic mass is 16.5. The van der Waals surface area contributed by atoms with Gasteiger partial charge in [-0.25, -0.2) is 0 Å². The van der Waals surface area contributed by atoms with E-state index in [2.05, 4.69) is 17.7 Å². The monoisotopic (exact) mass is 265 g/mol. The number of hydrogen-bond donors (Lipinski definition) is 1. The number of nitrogens with zero attached hydrogens (tertiary/aromatic N) is 1. The number of aliphatic hydroxyl groups excluding tert-OH is 1. The molecule has 0 aliphatic heterocycles. The first-order valence-corrected chi connectivity index (χ1v) is 6.62. The van der Waals surface area contributed by atoms with Crippen molar-refractivity contribution < 1.29 is 14.3 Å². The molecule has 0 aliphatic rings. The quantitative estimate of drug-likeness (QED) is 0.546. The van der Waals surface area contributed by atoms with E-state index in [0.717, 1.165) is 24.5 Å². The van der Waals surface area contributed by atoms with Gasteiger partial charge in [0.15, 0.2) is 0 Å². The molecule has 1 aromatic heterocycles. The Labute approximate surface area is 115 Å². The van der Waals surface area contributed by atoms with Gasteiger partial charge in [0.25, 0.3) is 0 Å². The smallest absolute Gasteiger partial charge is 0.118 e. The summed E-state index contributed by atoms with van der Waals surface area (Å²) in [4.78, 5) is 2.15. The maximum Gasteiger partial charge on any atom is 0.118 e. The average molecular weight is 265 g/mol. The van der Waals surface area contributed by atoms with Gasteiger partial charge in [0.05, 0.1) is 19.3 Å². The minimum absolute atomic E-state index is 0.238. The molecule has 1 aromatic rings. The van der Waals surface area contributed by atoms with Crippen LogP contribution >= 0.6 is 0 Å². The summed E-state index contributed by atoms with van der Waals surface area (Å²) in [5.41, 5.74) is 0. The van der Waals surface area contributed by atoms with Gasteiger partial charge in [-0.15, -0.1) is 6.42 Å². The van der Waals surface area contributed by atoms with Gasteiger partial charge in [0, 0.05) is 6.54 Å². The third-order valence-electron chi connectivity index (χ3n) is 2.68. The van der Waals surface area contributed by atoms with Gasteiger partial charge in [-0.1, -0.05) is 12.8 Å². The van der Waals surface area contributed by atoms with Gasteiger partial charge in [0.2, 0.25) is 0 Å². The van der Waals surface area contributed by atoms with Crippen molar-refractivity contribution >= 4 is 0 Å². The molecule has 19 heavy (non-hydrogen) atoms. The fraction of sp³-hybridized carbons (Fsp3) is 0.600. The summed E-state index contributed by atoms with van der Waals surface area (Å²) >= 11 is 0. The van der Waals surface area contributed by atoms with Gasteiger partial charge in [-0.05, 0) is 32.0 Å². The molecule has 0 aliphatic carbocycles. The topological polar surface area (TPSA) is 45.8 Å². The standard InChI is InChI=1S/C15H23NO3/c1-4-8-16(10-14(17)12-18-9-5-2)11-15-7-6-13(3)19-15/h2,6-7,14,17H,4,8-12H2,1,3H3. The van der Waals surface area contributed by atoms with Crippen LogP contribution in [0.4, 0.5) is 0 Å². The molecule has 0 spiro atoms. The van der Waals surface area contributed by atoms with Crippen LogP contribution < -0.4 is 0 Å². The maximum absolute atomic E-state index is 9.89. The summed E-state index contributed by atoms with van der Waals surface area (Å²) in [6, 6.07) is 3.92. The van der Waals surface area contributed by atoms with Crippen molar-refractivity contribution in [3.05, 3.63) is 23.7 Å². The molecule has 0 amide bonds. The maximum atomic E-state index is 9.89. The molecule has 0 aromatic carbocycles. The molecule has 106 valence electrons. The Balaban J connectivity index is 2.41. The highest BCUT2D eigenvalue weighted by Gasteiger charge is 2.13. The molecule has 0 radical (unpaired) electrons. The van der Waals surface area contributed by atoms with E-state index in [4.69, 9.17) is 15.6 Å². The van der Waals surface area contributed by atoms with Gasteiger partial charge >= 0.3 is 0 Å². The molecule has 0 saturated carbocycles. The Kier molecular flexibility index (Phi) is 7.27. The fourth-order valence-electron chi connectivity index (χ4n) is 1.95. The number of aryl methyl sites for hydroxylation is 1. The van der Waals surface area contributed by atoms with Crippen LogP contribution in [0.25, 0.3) is 0 Å². The Bertz CT molecular complexity index is 394. The molecule has 1 atom stereocenters. The van der Waals surface area contributed by atoms with Crippen LogP contribution in [0.2, 0.25) is 0 Å². The number of ether oxygens (including phenoxy) is 1. The Morgan fingerprint density at radius 2 is 2.32 bits per heavy atom. The van der Waals surface area contributed by atoms with Crippen LogP contribution in [-0.2, 0) is 11.3 Å². The minimum atomic E-state index is -0.532. The van der Waals surface area contributed by atoms with E-state index in [1.807, 2.05) is 19.1 Å². The zero-order valence-electron chi connectivity index (χ0n) is 11.8. The first-order valence-electron chi connectivity index (χ1n) is 6.62. The first-order chi connectivity index (χ1) is 9.15. The zero-order chi connectivity index (χ0) is 14.1. The Morgan fingerprint density at radius 3 is 2.89 bits per heavy atom. The fourth-order valence-corrected chi connectivity index (χ4v) is 1.95. The molecular weight excluding hydrogens is 242 g/mol. The van der Waals surface area contributed by atoms with Gasteiger partial charge in [-0.3, -0.25) is 4.90 Å². The second kappa shape index (κ2) is 8.76. The van der Waals surface area contributed by atoms with Crippen LogP contribution in [0.1, 0.15) is 24.9 Å². The van der Waals surface area contributed by atoms with Gasteiger partial charge in [-0.2, -0.15) is 0 Å². The Hall–Kier alpha value is -1.28. The van der Waals surface area contributed by atoms with Crippen LogP contribution in [0.15, 0.2) is 16.5 Å². The van der Waals surface area contributed by atoms with E-state index < -0.39 is 6.10 Å². The second-order valence-corrected chi connectivity index (χ2v) is 4.62. The summed E-state index contributed by atoms with van der Waals surface area (Å²) in [6.45, 7) is 6.71. The van der Waals surface area contributed by atoms with Crippen LogP contribution in [0.5, 0.6) is 0 Å². The molecule has 1 heterocycles. The van der Waals surface area contributed by atoms with E-state index in [1.54, 1.807) is 0 Å². The lowest BCUT2D eigenvalue weighted by molar-refractivity contribution is 0.0248. The molecule has 4 nitrogen and oxygen atoms in total. The molecule has 1 N–H and O–H groups in total. The molecule has 0 saturated heterocycles. The minimum Gasteiger partial charge on any atom is -0.465 e. The number of hydrogen-bond acceptors (Lipinski definition) is 4.